The van der Waals surface area contributed by atoms with Crippen molar-refractivity contribution in [2.75, 3.05) is 6.54 Å². The molecule has 2 rings (SSSR count). The van der Waals surface area contributed by atoms with Crippen LogP contribution in [0.15, 0.2) is 16.3 Å². The molecule has 0 atom stereocenters. The van der Waals surface area contributed by atoms with Gasteiger partial charge < -0.3 is 5.11 Å². The van der Waals surface area contributed by atoms with Crippen molar-refractivity contribution >= 4 is 21.4 Å². The standard InChI is InChI=1S/C12H19NO3S2/c1-2-5-12(6-7-12)9-13-18(15,16)11-4-3-10(8-14)17-11/h3-4,13-14H,2,5-9H2,1H3. The molecule has 2 N–H and O–H groups in total. The first-order valence-electron chi connectivity index (χ1n) is 6.21. The number of aliphatic hydroxyl groups excluding tert-OH is 1. The normalized spacial score (nSPS) is 17.9. The van der Waals surface area contributed by atoms with Gasteiger partial charge in [0, 0.05) is 11.4 Å². The van der Waals surface area contributed by atoms with Gasteiger partial charge in [0.15, 0.2) is 0 Å². The van der Waals surface area contributed by atoms with Crippen molar-refractivity contribution in [1.82, 2.24) is 4.72 Å². The maximum atomic E-state index is 12.1. The molecule has 1 aromatic heterocycles. The van der Waals surface area contributed by atoms with Crippen LogP contribution in [0.3, 0.4) is 0 Å². The van der Waals surface area contributed by atoms with Crippen LogP contribution < -0.4 is 4.72 Å². The highest BCUT2D eigenvalue weighted by Crippen LogP contribution is 2.49. The Hall–Kier alpha value is -0.430. The van der Waals surface area contributed by atoms with E-state index in [1.54, 1.807) is 12.1 Å². The summed E-state index contributed by atoms with van der Waals surface area (Å²) in [6.07, 6.45) is 4.42. The Morgan fingerprint density at radius 1 is 1.44 bits per heavy atom. The second-order valence-corrected chi connectivity index (χ2v) is 8.12. The van der Waals surface area contributed by atoms with Crippen LogP contribution >= 0.6 is 11.3 Å². The highest BCUT2D eigenvalue weighted by molar-refractivity contribution is 7.91. The van der Waals surface area contributed by atoms with Gasteiger partial charge in [-0.15, -0.1) is 11.3 Å². The predicted octanol–water partition coefficient (Wildman–Crippen LogP) is 2.10. The van der Waals surface area contributed by atoms with Crippen LogP contribution in [-0.4, -0.2) is 20.1 Å². The molecule has 102 valence electrons. The molecule has 4 nitrogen and oxygen atoms in total. The average molecular weight is 289 g/mol. The van der Waals surface area contributed by atoms with Gasteiger partial charge in [-0.2, -0.15) is 0 Å². The van der Waals surface area contributed by atoms with Crippen LogP contribution in [0.2, 0.25) is 0 Å². The molecule has 1 saturated carbocycles. The Labute approximate surface area is 112 Å². The quantitative estimate of drug-likeness (QED) is 0.808. The van der Waals surface area contributed by atoms with Crippen LogP contribution in [0.25, 0.3) is 0 Å². The number of aliphatic hydroxyl groups is 1. The van der Waals surface area contributed by atoms with Crippen molar-refractivity contribution in [2.45, 2.75) is 43.4 Å². The number of nitrogens with one attached hydrogen (secondary N) is 1. The third-order valence-corrected chi connectivity index (χ3v) is 6.40. The van der Waals surface area contributed by atoms with Crippen molar-refractivity contribution < 1.29 is 13.5 Å². The van der Waals surface area contributed by atoms with Gasteiger partial charge in [-0.1, -0.05) is 13.3 Å². The largest absolute Gasteiger partial charge is 0.391 e. The summed E-state index contributed by atoms with van der Waals surface area (Å²) in [5, 5.41) is 8.95. The lowest BCUT2D eigenvalue weighted by atomic mass is 10.0. The predicted molar refractivity (Wildman–Crippen MR) is 72.0 cm³/mol. The third-order valence-electron chi connectivity index (χ3n) is 3.43. The highest BCUT2D eigenvalue weighted by Gasteiger charge is 2.42. The Morgan fingerprint density at radius 2 is 2.17 bits per heavy atom. The first kappa shape index (κ1) is 14.0. The van der Waals surface area contributed by atoms with Crippen molar-refractivity contribution in [3.63, 3.8) is 0 Å². The fourth-order valence-corrected chi connectivity index (χ4v) is 4.55. The van der Waals surface area contributed by atoms with E-state index < -0.39 is 10.0 Å². The molecule has 18 heavy (non-hydrogen) atoms. The second-order valence-electron chi connectivity index (χ2n) is 4.95. The molecule has 0 saturated heterocycles. The Balaban J connectivity index is 1.99. The zero-order valence-electron chi connectivity index (χ0n) is 10.5. The summed E-state index contributed by atoms with van der Waals surface area (Å²) >= 11 is 1.12. The molecule has 1 heterocycles. The molecule has 0 aliphatic heterocycles. The van der Waals surface area contributed by atoms with Gasteiger partial charge >= 0.3 is 0 Å². The number of rotatable bonds is 7. The summed E-state index contributed by atoms with van der Waals surface area (Å²) < 4.78 is 27.1. The maximum absolute atomic E-state index is 12.1. The van der Waals surface area contributed by atoms with Crippen LogP contribution in [0.1, 0.15) is 37.5 Å². The summed E-state index contributed by atoms with van der Waals surface area (Å²) in [6.45, 7) is 2.55. The van der Waals surface area contributed by atoms with Crippen LogP contribution in [0.4, 0.5) is 0 Å². The Kier molecular flexibility index (Phi) is 4.11. The first-order chi connectivity index (χ1) is 8.51. The molecule has 0 aromatic carbocycles. The molecule has 6 heteroatoms. The molecule has 0 amide bonds. The van der Waals surface area contributed by atoms with E-state index in [0.717, 1.165) is 37.0 Å². The van der Waals surface area contributed by atoms with E-state index in [0.29, 0.717) is 15.6 Å². The molecule has 1 fully saturated rings. The van der Waals surface area contributed by atoms with Gasteiger partial charge in [-0.05, 0) is 36.8 Å². The van der Waals surface area contributed by atoms with E-state index in [9.17, 15) is 8.42 Å². The molecular formula is C12H19NO3S2. The van der Waals surface area contributed by atoms with E-state index in [1.807, 2.05) is 0 Å². The van der Waals surface area contributed by atoms with Gasteiger partial charge in [0.1, 0.15) is 4.21 Å². The minimum Gasteiger partial charge on any atom is -0.391 e. The number of hydrogen-bond acceptors (Lipinski definition) is 4. The van der Waals surface area contributed by atoms with Crippen LogP contribution in [0.5, 0.6) is 0 Å². The summed E-state index contributed by atoms with van der Waals surface area (Å²) in [7, 11) is -3.40. The lowest BCUT2D eigenvalue weighted by Gasteiger charge is -2.14. The van der Waals surface area contributed by atoms with Crippen LogP contribution in [-0.2, 0) is 16.6 Å². The lowest BCUT2D eigenvalue weighted by molar-refractivity contribution is 0.285. The second kappa shape index (κ2) is 5.28. The van der Waals surface area contributed by atoms with E-state index in [-0.39, 0.29) is 12.0 Å². The highest BCUT2D eigenvalue weighted by atomic mass is 32.2. The van der Waals surface area contributed by atoms with Crippen molar-refractivity contribution in [2.24, 2.45) is 5.41 Å². The zero-order valence-corrected chi connectivity index (χ0v) is 12.1. The maximum Gasteiger partial charge on any atom is 0.250 e. The fraction of sp³-hybridized carbons (Fsp3) is 0.667. The van der Waals surface area contributed by atoms with Gasteiger partial charge in [-0.3, -0.25) is 0 Å². The minimum atomic E-state index is -3.40. The summed E-state index contributed by atoms with van der Waals surface area (Å²) in [4.78, 5) is 0.671. The zero-order chi connectivity index (χ0) is 13.2. The lowest BCUT2D eigenvalue weighted by Crippen LogP contribution is -2.29. The Morgan fingerprint density at radius 3 is 2.67 bits per heavy atom. The summed E-state index contributed by atoms with van der Waals surface area (Å²) in [5.41, 5.74) is 0.207. The van der Waals surface area contributed by atoms with E-state index >= 15 is 0 Å². The molecule has 1 aliphatic rings. The van der Waals surface area contributed by atoms with Crippen molar-refractivity contribution in [3.8, 4) is 0 Å². The molecule has 0 spiro atoms. The smallest absolute Gasteiger partial charge is 0.250 e. The fourth-order valence-electron chi connectivity index (χ4n) is 2.13. The average Bonchev–Trinajstić information content (AvgIpc) is 2.93. The van der Waals surface area contributed by atoms with Crippen molar-refractivity contribution in [3.05, 3.63) is 17.0 Å². The van der Waals surface area contributed by atoms with E-state index in [4.69, 9.17) is 5.11 Å². The number of sulfonamides is 1. The van der Waals surface area contributed by atoms with Gasteiger partial charge in [0.05, 0.1) is 6.61 Å². The minimum absolute atomic E-state index is 0.111. The molecule has 1 aliphatic carbocycles. The topological polar surface area (TPSA) is 66.4 Å². The first-order valence-corrected chi connectivity index (χ1v) is 8.50. The molecule has 0 radical (unpaired) electrons. The molecule has 0 bridgehead atoms. The SMILES string of the molecule is CCCC1(CNS(=O)(=O)c2ccc(CO)s2)CC1. The molecular weight excluding hydrogens is 270 g/mol. The van der Waals surface area contributed by atoms with Gasteiger partial charge in [0.25, 0.3) is 0 Å². The molecule has 0 unspecified atom stereocenters. The van der Waals surface area contributed by atoms with E-state index in [1.165, 1.54) is 0 Å². The van der Waals surface area contributed by atoms with Gasteiger partial charge in [-0.25, -0.2) is 13.1 Å². The third kappa shape index (κ3) is 3.12. The summed E-state index contributed by atoms with van der Waals surface area (Å²) in [5.74, 6) is 0. The Bertz CT molecular complexity index is 503. The van der Waals surface area contributed by atoms with E-state index in [2.05, 4.69) is 11.6 Å². The number of thiophene rings is 1. The summed E-state index contributed by atoms with van der Waals surface area (Å²) in [6, 6.07) is 3.20. The monoisotopic (exact) mass is 289 g/mol. The van der Waals surface area contributed by atoms with Gasteiger partial charge in [0.2, 0.25) is 10.0 Å². The van der Waals surface area contributed by atoms with Crippen molar-refractivity contribution in [1.29, 1.82) is 0 Å². The molecule has 1 aromatic rings. The number of hydrogen-bond donors (Lipinski definition) is 2. The van der Waals surface area contributed by atoms with Crippen LogP contribution in [0, 0.1) is 5.41 Å².